The molecule has 146 valence electrons. The number of nitrogens with two attached hydrogens (primary N) is 1. The molecular formula is C20H27N3O4. The third-order valence-corrected chi connectivity index (χ3v) is 4.34. The van der Waals surface area contributed by atoms with E-state index in [1.807, 2.05) is 20.8 Å². The number of aliphatic hydroxyl groups excluding tert-OH is 1. The highest BCUT2D eigenvalue weighted by Crippen LogP contribution is 2.28. The number of hydrogen-bond acceptors (Lipinski definition) is 5. The molecule has 2 aromatic rings. The highest BCUT2D eigenvalue weighted by atomic mass is 16.5. The minimum Gasteiger partial charge on any atom is -0.493 e. The van der Waals surface area contributed by atoms with E-state index in [0.717, 1.165) is 12.1 Å². The minimum atomic E-state index is -1.00. The fraction of sp³-hybridized carbons (Fsp3) is 0.450. The topological polar surface area (TPSA) is 118 Å². The third kappa shape index (κ3) is 4.95. The zero-order valence-corrected chi connectivity index (χ0v) is 16.0. The van der Waals surface area contributed by atoms with Crippen LogP contribution in [0.1, 0.15) is 66.3 Å². The Labute approximate surface area is 158 Å². The molecule has 1 aromatic carbocycles. The molecule has 0 saturated carbocycles. The lowest BCUT2D eigenvalue weighted by molar-refractivity contribution is 0.1000. The number of carbonyl (C=O) groups is 1. The van der Waals surface area contributed by atoms with E-state index in [1.165, 1.54) is 6.07 Å². The molecular weight excluding hydrogens is 346 g/mol. The van der Waals surface area contributed by atoms with E-state index >= 15 is 0 Å². The maximum atomic E-state index is 12.3. The Morgan fingerprint density at radius 3 is 2.63 bits per heavy atom. The first-order valence-corrected chi connectivity index (χ1v) is 9.26. The van der Waals surface area contributed by atoms with Crippen molar-refractivity contribution in [3.63, 3.8) is 0 Å². The second-order valence-corrected chi connectivity index (χ2v) is 6.33. The molecule has 0 spiro atoms. The van der Waals surface area contributed by atoms with E-state index in [-0.39, 0.29) is 17.5 Å². The van der Waals surface area contributed by atoms with E-state index in [0.29, 0.717) is 42.1 Å². The molecule has 7 heteroatoms. The summed E-state index contributed by atoms with van der Waals surface area (Å²) in [5.74, 6) is 0.294. The largest absolute Gasteiger partial charge is 0.493 e. The highest BCUT2D eigenvalue weighted by Gasteiger charge is 2.19. The third-order valence-electron chi connectivity index (χ3n) is 4.34. The van der Waals surface area contributed by atoms with Crippen molar-refractivity contribution in [1.82, 2.24) is 9.97 Å². The monoisotopic (exact) mass is 373 g/mol. The standard InChI is InChI=1S/C20H27N3O4/c1-4-9-27-17-8-7-12(19(21)25)10-14(17)16(24)11-18-22-15(6-3)13(5-2)20(26)23-18/h7-8,10,16,24H,4-6,9,11H2,1-3H3,(H2,21,25)(H,22,23,26). The maximum absolute atomic E-state index is 12.3. The van der Waals surface area contributed by atoms with Gasteiger partial charge in [0.1, 0.15) is 11.6 Å². The summed E-state index contributed by atoms with van der Waals surface area (Å²) in [6, 6.07) is 4.72. The molecule has 1 aromatic heterocycles. The van der Waals surface area contributed by atoms with E-state index in [4.69, 9.17) is 10.5 Å². The number of nitrogens with zero attached hydrogens (tertiary/aromatic N) is 1. The van der Waals surface area contributed by atoms with Crippen LogP contribution >= 0.6 is 0 Å². The van der Waals surface area contributed by atoms with Crippen LogP contribution in [0.4, 0.5) is 0 Å². The molecule has 1 unspecified atom stereocenters. The lowest BCUT2D eigenvalue weighted by atomic mass is 10.0. The highest BCUT2D eigenvalue weighted by molar-refractivity contribution is 5.93. The Bertz CT molecular complexity index is 861. The van der Waals surface area contributed by atoms with Crippen LogP contribution < -0.4 is 16.0 Å². The van der Waals surface area contributed by atoms with Crippen molar-refractivity contribution >= 4 is 5.91 Å². The van der Waals surface area contributed by atoms with Gasteiger partial charge in [0.05, 0.1) is 18.4 Å². The summed E-state index contributed by atoms with van der Waals surface area (Å²) in [6.45, 7) is 6.31. The van der Waals surface area contributed by atoms with Gasteiger partial charge in [-0.1, -0.05) is 20.8 Å². The summed E-state index contributed by atoms with van der Waals surface area (Å²) in [5.41, 5.74) is 7.30. The summed E-state index contributed by atoms with van der Waals surface area (Å²) in [5, 5.41) is 10.7. The molecule has 1 heterocycles. The quantitative estimate of drug-likeness (QED) is 0.622. The van der Waals surface area contributed by atoms with Gasteiger partial charge < -0.3 is 20.6 Å². The SMILES string of the molecule is CCCOc1ccc(C(N)=O)cc1C(O)Cc1nc(CC)c(CC)c(=O)[nH]1. The predicted octanol–water partition coefficient (Wildman–Crippen LogP) is 2.06. The number of aromatic nitrogens is 2. The number of benzene rings is 1. The van der Waals surface area contributed by atoms with Crippen LogP contribution in [-0.4, -0.2) is 27.6 Å². The van der Waals surface area contributed by atoms with Gasteiger partial charge in [-0.3, -0.25) is 9.59 Å². The van der Waals surface area contributed by atoms with Crippen LogP contribution in [-0.2, 0) is 19.3 Å². The van der Waals surface area contributed by atoms with Gasteiger partial charge in [-0.2, -0.15) is 0 Å². The minimum absolute atomic E-state index is 0.0942. The summed E-state index contributed by atoms with van der Waals surface area (Å²) >= 11 is 0. The number of hydrogen-bond donors (Lipinski definition) is 3. The van der Waals surface area contributed by atoms with E-state index < -0.39 is 12.0 Å². The summed E-state index contributed by atoms with van der Waals surface area (Å²) < 4.78 is 5.68. The lowest BCUT2D eigenvalue weighted by Gasteiger charge is -2.17. The molecule has 27 heavy (non-hydrogen) atoms. The maximum Gasteiger partial charge on any atom is 0.254 e. The summed E-state index contributed by atoms with van der Waals surface area (Å²) in [4.78, 5) is 31.0. The van der Waals surface area contributed by atoms with Crippen LogP contribution in [0.25, 0.3) is 0 Å². The van der Waals surface area contributed by atoms with Crippen molar-refractivity contribution in [3.05, 3.63) is 56.8 Å². The Morgan fingerprint density at radius 1 is 1.30 bits per heavy atom. The fourth-order valence-corrected chi connectivity index (χ4v) is 2.95. The van der Waals surface area contributed by atoms with Crippen molar-refractivity contribution in [3.8, 4) is 5.75 Å². The fourth-order valence-electron chi connectivity index (χ4n) is 2.95. The van der Waals surface area contributed by atoms with Crippen LogP contribution in [0.3, 0.4) is 0 Å². The van der Waals surface area contributed by atoms with Crippen LogP contribution in [0.5, 0.6) is 5.75 Å². The molecule has 0 aliphatic heterocycles. The number of aliphatic hydroxyl groups is 1. The Balaban J connectivity index is 2.37. The predicted molar refractivity (Wildman–Crippen MR) is 103 cm³/mol. The summed E-state index contributed by atoms with van der Waals surface area (Å²) in [6.07, 6.45) is 1.14. The number of primary amides is 1. The van der Waals surface area contributed by atoms with Gasteiger partial charge in [-0.15, -0.1) is 0 Å². The number of ether oxygens (including phenoxy) is 1. The van der Waals surface area contributed by atoms with Crippen molar-refractivity contribution < 1.29 is 14.6 Å². The van der Waals surface area contributed by atoms with Crippen molar-refractivity contribution in [2.24, 2.45) is 5.73 Å². The molecule has 0 saturated heterocycles. The molecule has 0 fully saturated rings. The Hall–Kier alpha value is -2.67. The Kier molecular flexibility index (Phi) is 7.12. The van der Waals surface area contributed by atoms with Gasteiger partial charge >= 0.3 is 0 Å². The van der Waals surface area contributed by atoms with Crippen molar-refractivity contribution in [2.75, 3.05) is 6.61 Å². The van der Waals surface area contributed by atoms with Crippen molar-refractivity contribution in [1.29, 1.82) is 0 Å². The van der Waals surface area contributed by atoms with Gasteiger partial charge in [-0.05, 0) is 37.5 Å². The van der Waals surface area contributed by atoms with E-state index in [9.17, 15) is 14.7 Å². The van der Waals surface area contributed by atoms with Crippen LogP contribution in [0, 0.1) is 0 Å². The van der Waals surface area contributed by atoms with Gasteiger partial charge in [-0.25, -0.2) is 4.98 Å². The van der Waals surface area contributed by atoms with E-state index in [1.54, 1.807) is 12.1 Å². The number of H-pyrrole nitrogens is 1. The number of amides is 1. The number of rotatable bonds is 9. The molecule has 0 aliphatic carbocycles. The Morgan fingerprint density at radius 2 is 2.04 bits per heavy atom. The normalized spacial score (nSPS) is 12.0. The molecule has 0 bridgehead atoms. The molecule has 2 rings (SSSR count). The average Bonchev–Trinajstić information content (AvgIpc) is 2.65. The smallest absolute Gasteiger partial charge is 0.254 e. The van der Waals surface area contributed by atoms with Gasteiger partial charge in [0, 0.05) is 23.1 Å². The average molecular weight is 373 g/mol. The molecule has 4 N–H and O–H groups in total. The van der Waals surface area contributed by atoms with Gasteiger partial charge in [0.15, 0.2) is 0 Å². The van der Waals surface area contributed by atoms with E-state index in [2.05, 4.69) is 9.97 Å². The summed E-state index contributed by atoms with van der Waals surface area (Å²) in [7, 11) is 0. The lowest BCUT2D eigenvalue weighted by Crippen LogP contribution is -2.21. The molecule has 0 aliphatic rings. The first-order valence-electron chi connectivity index (χ1n) is 9.26. The zero-order chi connectivity index (χ0) is 20.0. The molecule has 0 radical (unpaired) electrons. The van der Waals surface area contributed by atoms with Crippen LogP contribution in [0.2, 0.25) is 0 Å². The molecule has 1 atom stereocenters. The number of carbonyl (C=O) groups excluding carboxylic acids is 1. The van der Waals surface area contributed by atoms with Crippen LogP contribution in [0.15, 0.2) is 23.0 Å². The zero-order valence-electron chi connectivity index (χ0n) is 16.0. The van der Waals surface area contributed by atoms with Crippen molar-refractivity contribution in [2.45, 2.75) is 52.6 Å². The number of aromatic amines is 1. The number of aryl methyl sites for hydroxylation is 1. The second kappa shape index (κ2) is 9.32. The first kappa shape index (κ1) is 20.6. The molecule has 7 nitrogen and oxygen atoms in total. The first-order chi connectivity index (χ1) is 12.9. The van der Waals surface area contributed by atoms with Gasteiger partial charge in [0.25, 0.3) is 5.56 Å². The molecule has 1 amide bonds. The number of nitrogens with one attached hydrogen (secondary N) is 1. The second-order valence-electron chi connectivity index (χ2n) is 6.33. The van der Waals surface area contributed by atoms with Gasteiger partial charge in [0.2, 0.25) is 5.91 Å².